The first-order valence-corrected chi connectivity index (χ1v) is 8.80. The maximum absolute atomic E-state index is 6.11. The fourth-order valence-corrected chi connectivity index (χ4v) is 4.35. The zero-order chi connectivity index (χ0) is 15.5. The van der Waals surface area contributed by atoms with E-state index in [-0.39, 0.29) is 5.41 Å². The maximum atomic E-state index is 6.11. The molecule has 2 atom stereocenters. The number of hydrogen-bond acceptors (Lipinski definition) is 4. The Balaban J connectivity index is 2.10. The van der Waals surface area contributed by atoms with Crippen molar-refractivity contribution in [3.63, 3.8) is 0 Å². The van der Waals surface area contributed by atoms with Crippen molar-refractivity contribution in [2.45, 2.75) is 45.1 Å². The minimum atomic E-state index is 0.225. The fraction of sp³-hybridized carbons (Fsp3) is 0.765. The lowest BCUT2D eigenvalue weighted by Crippen LogP contribution is -2.41. The number of ether oxygens (including phenoxy) is 1. The molecule has 0 saturated carbocycles. The zero-order valence-corrected chi connectivity index (χ0v) is 14.7. The highest BCUT2D eigenvalue weighted by Gasteiger charge is 2.28. The average molecular weight is 311 g/mol. The molecule has 1 fully saturated rings. The SMILES string of the molecule is COCC1CCCN(C(CN)c2ccc(C(C)(C)C)s2)C1. The van der Waals surface area contributed by atoms with Gasteiger partial charge in [0.2, 0.25) is 0 Å². The van der Waals surface area contributed by atoms with Crippen molar-refractivity contribution in [3.8, 4) is 0 Å². The summed E-state index contributed by atoms with van der Waals surface area (Å²) < 4.78 is 5.34. The summed E-state index contributed by atoms with van der Waals surface area (Å²) in [7, 11) is 1.80. The van der Waals surface area contributed by atoms with Gasteiger partial charge in [-0.2, -0.15) is 0 Å². The summed E-state index contributed by atoms with van der Waals surface area (Å²) in [5.41, 5.74) is 6.33. The van der Waals surface area contributed by atoms with Crippen molar-refractivity contribution >= 4 is 11.3 Å². The molecule has 1 aliphatic rings. The van der Waals surface area contributed by atoms with Crippen LogP contribution in [0, 0.1) is 5.92 Å². The van der Waals surface area contributed by atoms with Gasteiger partial charge in [0, 0.05) is 30.0 Å². The summed E-state index contributed by atoms with van der Waals surface area (Å²) in [6, 6.07) is 4.92. The average Bonchev–Trinajstić information content (AvgIpc) is 2.90. The highest BCUT2D eigenvalue weighted by molar-refractivity contribution is 7.12. The Labute approximate surface area is 133 Å². The number of thiophene rings is 1. The van der Waals surface area contributed by atoms with Crippen LogP contribution in [0.25, 0.3) is 0 Å². The Morgan fingerprint density at radius 3 is 2.76 bits per heavy atom. The van der Waals surface area contributed by atoms with Crippen molar-refractivity contribution in [1.82, 2.24) is 4.90 Å². The smallest absolute Gasteiger partial charge is 0.0564 e. The Kier molecular flexibility index (Phi) is 5.83. The Morgan fingerprint density at radius 1 is 1.43 bits per heavy atom. The van der Waals surface area contributed by atoms with E-state index in [0.717, 1.165) is 19.7 Å². The molecule has 4 heteroatoms. The molecule has 0 aliphatic carbocycles. The molecule has 1 aromatic rings. The quantitative estimate of drug-likeness (QED) is 0.906. The van der Waals surface area contributed by atoms with Crippen LogP contribution in [-0.4, -0.2) is 38.3 Å². The second-order valence-electron chi connectivity index (χ2n) is 7.16. The third kappa shape index (κ3) is 4.28. The Hall–Kier alpha value is -0.420. The molecule has 3 nitrogen and oxygen atoms in total. The molecule has 2 unspecified atom stereocenters. The lowest BCUT2D eigenvalue weighted by Gasteiger charge is -2.37. The van der Waals surface area contributed by atoms with Crippen LogP contribution in [0.1, 0.15) is 49.4 Å². The van der Waals surface area contributed by atoms with Gasteiger partial charge in [-0.05, 0) is 42.9 Å². The van der Waals surface area contributed by atoms with Crippen molar-refractivity contribution in [2.24, 2.45) is 11.7 Å². The highest BCUT2D eigenvalue weighted by Crippen LogP contribution is 2.35. The minimum Gasteiger partial charge on any atom is -0.384 e. The summed E-state index contributed by atoms with van der Waals surface area (Å²) in [6.07, 6.45) is 2.53. The normalized spacial score (nSPS) is 22.4. The third-order valence-corrected chi connectivity index (χ3v) is 5.92. The van der Waals surface area contributed by atoms with Gasteiger partial charge in [-0.1, -0.05) is 20.8 Å². The van der Waals surface area contributed by atoms with E-state index in [0.29, 0.717) is 18.5 Å². The number of nitrogens with two attached hydrogens (primary N) is 1. The van der Waals surface area contributed by atoms with E-state index < -0.39 is 0 Å². The van der Waals surface area contributed by atoms with Crippen LogP contribution < -0.4 is 5.73 Å². The van der Waals surface area contributed by atoms with Gasteiger partial charge >= 0.3 is 0 Å². The Bertz CT molecular complexity index is 436. The van der Waals surface area contributed by atoms with Crippen LogP contribution in [-0.2, 0) is 10.2 Å². The molecule has 120 valence electrons. The van der Waals surface area contributed by atoms with Crippen LogP contribution >= 0.6 is 11.3 Å². The fourth-order valence-electron chi connectivity index (χ4n) is 3.13. The van der Waals surface area contributed by atoms with Gasteiger partial charge in [-0.3, -0.25) is 4.90 Å². The second-order valence-corrected chi connectivity index (χ2v) is 8.28. The standard InChI is InChI=1S/C17H30N2OS/c1-17(2,3)16-8-7-15(21-16)14(10-18)19-9-5-6-13(11-19)12-20-4/h7-8,13-14H,5-6,9-12,18H2,1-4H3. The van der Waals surface area contributed by atoms with Crippen LogP contribution in [0.3, 0.4) is 0 Å². The summed E-state index contributed by atoms with van der Waals surface area (Å²) in [5, 5.41) is 0. The third-order valence-electron chi connectivity index (χ3n) is 4.31. The van der Waals surface area contributed by atoms with Crippen LogP contribution in [0.15, 0.2) is 12.1 Å². The molecular formula is C17H30N2OS. The van der Waals surface area contributed by atoms with Gasteiger partial charge in [-0.25, -0.2) is 0 Å². The first kappa shape index (κ1) is 16.9. The molecular weight excluding hydrogens is 280 g/mol. The van der Waals surface area contributed by atoms with E-state index in [9.17, 15) is 0 Å². The number of likely N-dealkylation sites (tertiary alicyclic amines) is 1. The van der Waals surface area contributed by atoms with Gasteiger partial charge in [-0.15, -0.1) is 11.3 Å². The minimum absolute atomic E-state index is 0.225. The van der Waals surface area contributed by atoms with Gasteiger partial charge in [0.05, 0.1) is 12.6 Å². The van der Waals surface area contributed by atoms with Crippen LogP contribution in [0.2, 0.25) is 0 Å². The largest absolute Gasteiger partial charge is 0.384 e. The van der Waals surface area contributed by atoms with Gasteiger partial charge in [0.25, 0.3) is 0 Å². The van der Waals surface area contributed by atoms with Crippen molar-refractivity contribution in [1.29, 1.82) is 0 Å². The van der Waals surface area contributed by atoms with E-state index in [1.165, 1.54) is 22.6 Å². The van der Waals surface area contributed by atoms with Crippen molar-refractivity contribution in [3.05, 3.63) is 21.9 Å². The molecule has 1 saturated heterocycles. The highest BCUT2D eigenvalue weighted by atomic mass is 32.1. The summed E-state index contributed by atoms with van der Waals surface area (Å²) in [4.78, 5) is 5.42. The predicted molar refractivity (Wildman–Crippen MR) is 91.0 cm³/mol. The van der Waals surface area contributed by atoms with E-state index in [1.54, 1.807) is 7.11 Å². The molecule has 2 heterocycles. The lowest BCUT2D eigenvalue weighted by molar-refractivity contribution is 0.0705. The molecule has 2 rings (SSSR count). The number of nitrogens with zero attached hydrogens (tertiary/aromatic N) is 1. The number of rotatable bonds is 5. The van der Waals surface area contributed by atoms with Crippen LogP contribution in [0.5, 0.6) is 0 Å². The molecule has 21 heavy (non-hydrogen) atoms. The summed E-state index contributed by atoms with van der Waals surface area (Å²) in [6.45, 7) is 10.7. The van der Waals surface area contributed by atoms with Crippen LogP contribution in [0.4, 0.5) is 0 Å². The van der Waals surface area contributed by atoms with Gasteiger partial charge < -0.3 is 10.5 Å². The molecule has 0 amide bonds. The van der Waals surface area contributed by atoms with E-state index >= 15 is 0 Å². The molecule has 0 spiro atoms. The summed E-state index contributed by atoms with van der Waals surface area (Å²) >= 11 is 1.93. The monoisotopic (exact) mass is 310 g/mol. The number of hydrogen-bond donors (Lipinski definition) is 1. The van der Waals surface area contributed by atoms with Crippen molar-refractivity contribution < 1.29 is 4.74 Å². The molecule has 1 aliphatic heterocycles. The molecule has 0 aromatic carbocycles. The lowest BCUT2D eigenvalue weighted by atomic mass is 9.95. The predicted octanol–water partition coefficient (Wildman–Crippen LogP) is 3.40. The first-order chi connectivity index (χ1) is 9.95. The number of methoxy groups -OCH3 is 1. The molecule has 0 bridgehead atoms. The van der Waals surface area contributed by atoms with Gasteiger partial charge in [0.1, 0.15) is 0 Å². The van der Waals surface area contributed by atoms with Crippen molar-refractivity contribution in [2.75, 3.05) is 33.4 Å². The topological polar surface area (TPSA) is 38.5 Å². The number of piperidine rings is 1. The zero-order valence-electron chi connectivity index (χ0n) is 13.9. The van der Waals surface area contributed by atoms with E-state index in [2.05, 4.69) is 37.8 Å². The molecule has 1 aromatic heterocycles. The first-order valence-electron chi connectivity index (χ1n) is 7.99. The maximum Gasteiger partial charge on any atom is 0.0564 e. The van der Waals surface area contributed by atoms with E-state index in [4.69, 9.17) is 10.5 Å². The molecule has 0 radical (unpaired) electrons. The van der Waals surface area contributed by atoms with Gasteiger partial charge in [0.15, 0.2) is 0 Å². The van der Waals surface area contributed by atoms with E-state index in [1.807, 2.05) is 11.3 Å². The molecule has 2 N–H and O–H groups in total. The Morgan fingerprint density at radius 2 is 2.19 bits per heavy atom. The summed E-state index contributed by atoms with van der Waals surface area (Å²) in [5.74, 6) is 0.653. The second kappa shape index (κ2) is 7.23.